The molecule has 4 rings (SSSR count). The molecular formula is C25H27O9P. The maximum atomic E-state index is 13.5. The average Bonchev–Trinajstić information content (AvgIpc) is 2.88. The highest BCUT2D eigenvalue weighted by Crippen LogP contribution is 2.50. The Bertz CT molecular complexity index is 1040. The van der Waals surface area contributed by atoms with Crippen LogP contribution in [0.25, 0.3) is 0 Å². The van der Waals surface area contributed by atoms with Crippen LogP contribution in [-0.4, -0.2) is 52.6 Å². The Morgan fingerprint density at radius 3 is 1.77 bits per heavy atom. The van der Waals surface area contributed by atoms with Crippen LogP contribution < -0.4 is 9.05 Å². The van der Waals surface area contributed by atoms with E-state index in [-0.39, 0.29) is 18.1 Å². The third-order valence-corrected chi connectivity index (χ3v) is 6.58. The molecule has 1 aliphatic rings. The van der Waals surface area contributed by atoms with Crippen LogP contribution in [0.3, 0.4) is 0 Å². The van der Waals surface area contributed by atoms with Crippen LogP contribution in [0.2, 0.25) is 0 Å². The predicted octanol–water partition coefficient (Wildman–Crippen LogP) is 3.29. The standard InChI is InChI=1S/C25H27O9P/c26-22-21(32-25(24(28)23(22)27)30-16-18-10-4-1-5-11-18)17-31-35(29,33-19-12-6-2-7-13-19)34-20-14-8-3-9-15-20/h1-15,21-28H,16-17H2/t21-,22-,23+,24+,25?/m1/s1. The van der Waals surface area contributed by atoms with Crippen molar-refractivity contribution < 1.29 is 42.9 Å². The van der Waals surface area contributed by atoms with Gasteiger partial charge in [-0.05, 0) is 29.8 Å². The van der Waals surface area contributed by atoms with Gasteiger partial charge < -0.3 is 33.8 Å². The van der Waals surface area contributed by atoms with Gasteiger partial charge >= 0.3 is 7.82 Å². The fourth-order valence-electron chi connectivity index (χ4n) is 3.40. The summed E-state index contributed by atoms with van der Waals surface area (Å²) in [4.78, 5) is 0. The van der Waals surface area contributed by atoms with E-state index in [9.17, 15) is 19.9 Å². The molecule has 0 aromatic heterocycles. The van der Waals surface area contributed by atoms with Crippen molar-refractivity contribution in [3.05, 3.63) is 96.6 Å². The Kier molecular flexibility index (Phi) is 8.54. The van der Waals surface area contributed by atoms with E-state index in [1.165, 1.54) is 0 Å². The van der Waals surface area contributed by atoms with Gasteiger partial charge in [-0.25, -0.2) is 4.57 Å². The lowest BCUT2D eigenvalue weighted by atomic mass is 9.99. The molecule has 3 aromatic rings. The average molecular weight is 502 g/mol. The summed E-state index contributed by atoms with van der Waals surface area (Å²) in [5.74, 6) is 0.493. The summed E-state index contributed by atoms with van der Waals surface area (Å²) in [6.45, 7) is -0.376. The lowest BCUT2D eigenvalue weighted by Crippen LogP contribution is -2.59. The minimum absolute atomic E-state index is 0.103. The molecule has 0 aliphatic carbocycles. The van der Waals surface area contributed by atoms with Crippen LogP contribution in [0.5, 0.6) is 11.5 Å². The van der Waals surface area contributed by atoms with Crippen molar-refractivity contribution in [3.8, 4) is 11.5 Å². The van der Waals surface area contributed by atoms with Crippen LogP contribution in [0.15, 0.2) is 91.0 Å². The number of hydrogen-bond donors (Lipinski definition) is 3. The largest absolute Gasteiger partial charge is 0.587 e. The highest BCUT2D eigenvalue weighted by molar-refractivity contribution is 7.49. The van der Waals surface area contributed by atoms with Crippen LogP contribution in [0.4, 0.5) is 0 Å². The topological polar surface area (TPSA) is 124 Å². The summed E-state index contributed by atoms with van der Waals surface area (Å²) >= 11 is 0. The Labute approximate surface area is 203 Å². The van der Waals surface area contributed by atoms with Crippen molar-refractivity contribution in [2.75, 3.05) is 6.61 Å². The first-order valence-electron chi connectivity index (χ1n) is 11.0. The Morgan fingerprint density at radius 2 is 1.23 bits per heavy atom. The summed E-state index contributed by atoms with van der Waals surface area (Å²) in [7, 11) is -4.25. The van der Waals surface area contributed by atoms with Gasteiger partial charge in [0, 0.05) is 0 Å². The van der Waals surface area contributed by atoms with E-state index in [2.05, 4.69) is 0 Å². The normalized spacial score (nSPS) is 24.6. The summed E-state index contributed by atoms with van der Waals surface area (Å²) < 4.78 is 41.4. The SMILES string of the molecule is O=P(OC[C@H]1OC(OCc2ccccc2)[C@@H](O)[C@@H](O)[C@@H]1O)(Oc1ccccc1)Oc1ccccc1. The molecule has 0 bridgehead atoms. The monoisotopic (exact) mass is 502 g/mol. The van der Waals surface area contributed by atoms with Crippen LogP contribution in [0.1, 0.15) is 5.56 Å². The summed E-state index contributed by atoms with van der Waals surface area (Å²) in [6.07, 6.45) is -7.07. The first-order valence-corrected chi connectivity index (χ1v) is 12.5. The fraction of sp³-hybridized carbons (Fsp3) is 0.280. The highest BCUT2D eigenvalue weighted by atomic mass is 31.2. The molecule has 1 saturated heterocycles. The molecule has 9 nitrogen and oxygen atoms in total. The molecule has 1 unspecified atom stereocenters. The number of phosphoric ester groups is 1. The molecule has 0 radical (unpaired) electrons. The van der Waals surface area contributed by atoms with Gasteiger partial charge in [0.2, 0.25) is 0 Å². The Hall–Kier alpha value is -2.75. The molecular weight excluding hydrogens is 475 g/mol. The molecule has 0 amide bonds. The Balaban J connectivity index is 1.45. The molecule has 0 saturated carbocycles. The van der Waals surface area contributed by atoms with Gasteiger partial charge in [0.25, 0.3) is 0 Å². The first kappa shape index (κ1) is 25.3. The van der Waals surface area contributed by atoms with Crippen molar-refractivity contribution in [3.63, 3.8) is 0 Å². The zero-order chi connectivity index (χ0) is 24.7. The number of para-hydroxylation sites is 2. The minimum atomic E-state index is -4.25. The molecule has 10 heteroatoms. The molecule has 0 spiro atoms. The van der Waals surface area contributed by atoms with Gasteiger partial charge in [-0.2, -0.15) is 0 Å². The van der Waals surface area contributed by atoms with E-state index in [0.29, 0.717) is 0 Å². The number of rotatable bonds is 10. The van der Waals surface area contributed by atoms with E-state index in [1.807, 2.05) is 30.3 Å². The summed E-state index contributed by atoms with van der Waals surface area (Å²) in [5.41, 5.74) is 0.828. The van der Waals surface area contributed by atoms with Crippen molar-refractivity contribution in [1.29, 1.82) is 0 Å². The van der Waals surface area contributed by atoms with Gasteiger partial charge in [-0.1, -0.05) is 66.7 Å². The van der Waals surface area contributed by atoms with Crippen molar-refractivity contribution in [1.82, 2.24) is 0 Å². The van der Waals surface area contributed by atoms with Gasteiger partial charge in [-0.15, -0.1) is 0 Å². The second-order valence-corrected chi connectivity index (χ2v) is 9.38. The van der Waals surface area contributed by atoms with Gasteiger partial charge in [-0.3, -0.25) is 4.52 Å². The molecule has 186 valence electrons. The number of aliphatic hydroxyl groups excluding tert-OH is 3. The summed E-state index contributed by atoms with van der Waals surface area (Å²) in [6, 6.07) is 25.9. The van der Waals surface area contributed by atoms with E-state index in [0.717, 1.165) is 5.56 Å². The molecule has 1 aliphatic heterocycles. The van der Waals surface area contributed by atoms with Crippen molar-refractivity contribution in [2.24, 2.45) is 0 Å². The fourth-order valence-corrected chi connectivity index (χ4v) is 4.63. The number of phosphoric acid groups is 1. The van der Waals surface area contributed by atoms with Crippen LogP contribution >= 0.6 is 7.82 Å². The number of hydrogen-bond acceptors (Lipinski definition) is 9. The Morgan fingerprint density at radius 1 is 0.714 bits per heavy atom. The third kappa shape index (κ3) is 6.90. The quantitative estimate of drug-likeness (QED) is 0.358. The van der Waals surface area contributed by atoms with Crippen LogP contribution in [0, 0.1) is 0 Å². The number of benzene rings is 3. The predicted molar refractivity (Wildman–Crippen MR) is 126 cm³/mol. The second-order valence-electron chi connectivity index (χ2n) is 7.86. The lowest BCUT2D eigenvalue weighted by molar-refractivity contribution is -0.303. The number of aliphatic hydroxyl groups is 3. The maximum Gasteiger partial charge on any atom is 0.587 e. The molecule has 1 fully saturated rings. The smallest absolute Gasteiger partial charge is 0.395 e. The van der Waals surface area contributed by atoms with Crippen LogP contribution in [-0.2, 0) is 25.2 Å². The highest BCUT2D eigenvalue weighted by Gasteiger charge is 2.46. The molecule has 1 heterocycles. The van der Waals surface area contributed by atoms with E-state index in [4.69, 9.17) is 23.0 Å². The zero-order valence-electron chi connectivity index (χ0n) is 18.7. The van der Waals surface area contributed by atoms with E-state index < -0.39 is 45.1 Å². The van der Waals surface area contributed by atoms with E-state index in [1.54, 1.807) is 60.7 Å². The van der Waals surface area contributed by atoms with Gasteiger partial charge in [0.15, 0.2) is 6.29 Å². The molecule has 35 heavy (non-hydrogen) atoms. The summed E-state index contributed by atoms with van der Waals surface area (Å²) in [5, 5.41) is 31.1. The zero-order valence-corrected chi connectivity index (χ0v) is 19.6. The number of ether oxygens (including phenoxy) is 2. The maximum absolute atomic E-state index is 13.5. The third-order valence-electron chi connectivity index (χ3n) is 5.24. The van der Waals surface area contributed by atoms with Crippen molar-refractivity contribution >= 4 is 7.82 Å². The molecule has 3 aromatic carbocycles. The molecule has 3 N–H and O–H groups in total. The second kappa shape index (κ2) is 11.8. The molecule has 5 atom stereocenters. The first-order chi connectivity index (χ1) is 16.9. The van der Waals surface area contributed by atoms with Gasteiger partial charge in [0.1, 0.15) is 35.9 Å². The van der Waals surface area contributed by atoms with E-state index >= 15 is 0 Å². The minimum Gasteiger partial charge on any atom is -0.395 e. The van der Waals surface area contributed by atoms with Gasteiger partial charge in [0.05, 0.1) is 13.2 Å². The van der Waals surface area contributed by atoms with Crippen molar-refractivity contribution in [2.45, 2.75) is 37.3 Å². The lowest BCUT2D eigenvalue weighted by Gasteiger charge is -2.40.